The zero-order chi connectivity index (χ0) is 38.3. The molecule has 4 aromatic rings. The second kappa shape index (κ2) is 23.9. The number of allylic oxidation sites excluding steroid dienone is 1. The summed E-state index contributed by atoms with van der Waals surface area (Å²) in [4.78, 5) is 37.1. The van der Waals surface area contributed by atoms with Crippen molar-refractivity contribution < 1.29 is 9.59 Å². The molecule has 0 radical (unpaired) electrons. The smallest absolute Gasteiger partial charge is 0.222 e. The summed E-state index contributed by atoms with van der Waals surface area (Å²) in [6.07, 6.45) is 7.19. The zero-order valence-electron chi connectivity index (χ0n) is 32.4. The molecule has 3 aromatic carbocycles. The van der Waals surface area contributed by atoms with Crippen LogP contribution in [0.3, 0.4) is 0 Å². The van der Waals surface area contributed by atoms with E-state index in [1.807, 2.05) is 135 Å². The zero-order valence-corrected chi connectivity index (χ0v) is 32.4. The van der Waals surface area contributed by atoms with E-state index in [0.717, 1.165) is 47.2 Å². The number of nitrogens with two attached hydrogens (primary N) is 2. The largest absolute Gasteiger partial charge is 0.383 e. The predicted molar refractivity (Wildman–Crippen MR) is 216 cm³/mol. The Morgan fingerprint density at radius 1 is 0.765 bits per heavy atom. The monoisotopic (exact) mass is 693 g/mol. The van der Waals surface area contributed by atoms with E-state index in [-0.39, 0.29) is 11.7 Å². The molecule has 1 aromatic heterocycles. The van der Waals surface area contributed by atoms with E-state index in [4.69, 9.17) is 11.5 Å². The summed E-state index contributed by atoms with van der Waals surface area (Å²) >= 11 is 0. The Bertz CT molecular complexity index is 1720. The van der Waals surface area contributed by atoms with Gasteiger partial charge >= 0.3 is 0 Å². The third-order valence-electron chi connectivity index (χ3n) is 7.37. The number of anilines is 1. The number of Topliss-reactive ketones (excluding diaryl/α,β-unsaturated/α-hetero) is 2. The molecule has 0 atom stereocenters. The highest BCUT2D eigenvalue weighted by atomic mass is 16.1. The van der Waals surface area contributed by atoms with Gasteiger partial charge in [-0.25, -0.2) is 9.97 Å². The molecular formula is C42H59N7O2. The summed E-state index contributed by atoms with van der Waals surface area (Å²) in [5.41, 5.74) is 19.8. The Hall–Kier alpha value is -5.31. The van der Waals surface area contributed by atoms with Crippen LogP contribution in [-0.2, 0) is 19.3 Å². The lowest BCUT2D eigenvalue weighted by atomic mass is 10.1. The molecule has 0 aliphatic heterocycles. The van der Waals surface area contributed by atoms with Crippen LogP contribution >= 0.6 is 0 Å². The molecule has 0 bridgehead atoms. The number of carbonyl (C=O) groups excluding carboxylic acids is 2. The van der Waals surface area contributed by atoms with Gasteiger partial charge in [-0.05, 0) is 30.0 Å². The first-order chi connectivity index (χ1) is 24.7. The lowest BCUT2D eigenvalue weighted by Gasteiger charge is -2.05. The maximum atomic E-state index is 11.8. The number of aliphatic imine (C=N–C) groups is 1. The van der Waals surface area contributed by atoms with E-state index < -0.39 is 0 Å². The number of hydrogen-bond acceptors (Lipinski definition) is 7. The van der Waals surface area contributed by atoms with Gasteiger partial charge in [-0.2, -0.15) is 0 Å². The minimum Gasteiger partial charge on any atom is -0.383 e. The number of benzene rings is 3. The number of rotatable bonds is 3. The van der Waals surface area contributed by atoms with Crippen LogP contribution in [0.25, 0.3) is 11.3 Å². The van der Waals surface area contributed by atoms with E-state index in [1.54, 1.807) is 0 Å². The average Bonchev–Trinajstić information content (AvgIpc) is 3.83. The second-order valence-electron chi connectivity index (χ2n) is 10.9. The van der Waals surface area contributed by atoms with Gasteiger partial charge in [0.2, 0.25) is 5.95 Å². The third-order valence-corrected chi connectivity index (χ3v) is 7.37. The van der Waals surface area contributed by atoms with Crippen molar-refractivity contribution in [2.75, 3.05) is 33.0 Å². The van der Waals surface area contributed by atoms with Gasteiger partial charge in [0.25, 0.3) is 0 Å². The van der Waals surface area contributed by atoms with Gasteiger partial charge in [0.15, 0.2) is 17.5 Å². The summed E-state index contributed by atoms with van der Waals surface area (Å²) in [5.74, 6) is 1.33. The molecule has 0 saturated heterocycles. The van der Waals surface area contributed by atoms with E-state index in [2.05, 4.69) is 44.5 Å². The Balaban J connectivity index is 0.000000336. The Morgan fingerprint density at radius 2 is 1.29 bits per heavy atom. The standard InChI is InChI=1S/C12H11N3.C12H13NO.C9H8O.C3H9N3.3C2H6/c1-13-12-14-7-9-6-8-4-2-3-5-10(8)11(9)15-12;1-13(2)8-10-7-9-5-3-4-6-11(9)12(10)14;10-9-6-5-7-3-1-2-4-8(7)9;1-2-6-3(4)5;3*1-2/h2-5,7H,6H2,1H3,(H,13,14,15);3-6,8H,7H2,1-2H3;1-4H,5-6H2;2H2,1H3,(H4,4,5,6);3*1-2H3/b;10-8+;;;;;. The fourth-order valence-corrected chi connectivity index (χ4v) is 5.35. The van der Waals surface area contributed by atoms with Gasteiger partial charge in [-0.15, -0.1) is 0 Å². The van der Waals surface area contributed by atoms with Crippen molar-refractivity contribution in [2.24, 2.45) is 16.5 Å². The van der Waals surface area contributed by atoms with Gasteiger partial charge in [-0.1, -0.05) is 114 Å². The van der Waals surface area contributed by atoms with Gasteiger partial charge in [0.05, 0.1) is 5.69 Å². The molecule has 51 heavy (non-hydrogen) atoms. The molecule has 3 aliphatic rings. The topological polar surface area (TPSA) is 140 Å². The van der Waals surface area contributed by atoms with E-state index in [1.165, 1.54) is 22.3 Å². The lowest BCUT2D eigenvalue weighted by molar-refractivity contribution is 0.0993. The molecule has 5 N–H and O–H groups in total. The molecule has 0 spiro atoms. The van der Waals surface area contributed by atoms with Crippen LogP contribution in [0, 0.1) is 0 Å². The molecule has 7 rings (SSSR count). The first kappa shape index (κ1) is 43.7. The van der Waals surface area contributed by atoms with Gasteiger partial charge < -0.3 is 21.7 Å². The first-order valence-corrected chi connectivity index (χ1v) is 18.0. The van der Waals surface area contributed by atoms with Crippen LogP contribution in [0.1, 0.15) is 97.9 Å². The second-order valence-corrected chi connectivity index (χ2v) is 10.9. The number of hydrogen-bond donors (Lipinski definition) is 3. The fourth-order valence-electron chi connectivity index (χ4n) is 5.35. The highest BCUT2D eigenvalue weighted by Gasteiger charge is 2.24. The Morgan fingerprint density at radius 3 is 1.78 bits per heavy atom. The third kappa shape index (κ3) is 13.2. The Kier molecular flexibility index (Phi) is 20.5. The molecule has 0 fully saturated rings. The predicted octanol–water partition coefficient (Wildman–Crippen LogP) is 8.13. The van der Waals surface area contributed by atoms with Crippen LogP contribution in [0.5, 0.6) is 0 Å². The van der Waals surface area contributed by atoms with Crippen molar-refractivity contribution in [3.05, 3.63) is 124 Å². The molecule has 0 amide bonds. The number of ketones is 2. The SMILES string of the molecule is CC.CC.CC.CCN=C(N)N.CN(C)/C=C1\Cc2ccccc2C1=O.CNc1ncc2c(n1)-c1ccccc1C2.O=C1CCc2ccccc21. The number of nitrogens with zero attached hydrogens (tertiary/aromatic N) is 4. The van der Waals surface area contributed by atoms with Crippen LogP contribution in [0.2, 0.25) is 0 Å². The molecule has 0 unspecified atom stereocenters. The van der Waals surface area contributed by atoms with Gasteiger partial charge in [0, 0.05) is 87.2 Å². The van der Waals surface area contributed by atoms with Crippen molar-refractivity contribution in [1.82, 2.24) is 14.9 Å². The molecular weight excluding hydrogens is 635 g/mol. The van der Waals surface area contributed by atoms with Crippen molar-refractivity contribution in [3.63, 3.8) is 0 Å². The summed E-state index contributed by atoms with van der Waals surface area (Å²) in [7, 11) is 5.70. The molecule has 1 heterocycles. The number of guanidine groups is 1. The highest BCUT2D eigenvalue weighted by molar-refractivity contribution is 6.13. The Labute approximate surface area is 306 Å². The minimum atomic E-state index is 0.164. The summed E-state index contributed by atoms with van der Waals surface area (Å²) < 4.78 is 0. The van der Waals surface area contributed by atoms with Crippen LogP contribution in [0.15, 0.2) is 95.8 Å². The quantitative estimate of drug-likeness (QED) is 0.0978. The normalized spacial score (nSPS) is 12.5. The fraction of sp³-hybridized carbons (Fsp3) is 0.357. The number of aryl methyl sites for hydroxylation is 1. The summed E-state index contributed by atoms with van der Waals surface area (Å²) in [6.45, 7) is 14.5. The number of nitrogens with one attached hydrogen (secondary N) is 1. The number of aromatic nitrogens is 2. The molecule has 0 saturated carbocycles. The minimum absolute atomic E-state index is 0.164. The summed E-state index contributed by atoms with van der Waals surface area (Å²) in [5, 5.41) is 2.97. The molecule has 9 nitrogen and oxygen atoms in total. The number of fused-ring (bicyclic) bond motifs is 5. The highest BCUT2D eigenvalue weighted by Crippen LogP contribution is 2.34. The first-order valence-electron chi connectivity index (χ1n) is 18.0. The maximum absolute atomic E-state index is 11.8. The van der Waals surface area contributed by atoms with Crippen LogP contribution in [0.4, 0.5) is 5.95 Å². The van der Waals surface area contributed by atoms with Crippen molar-refractivity contribution >= 4 is 23.5 Å². The van der Waals surface area contributed by atoms with E-state index >= 15 is 0 Å². The van der Waals surface area contributed by atoms with Crippen molar-refractivity contribution in [2.45, 2.75) is 74.1 Å². The van der Waals surface area contributed by atoms with E-state index in [0.29, 0.717) is 24.7 Å². The lowest BCUT2D eigenvalue weighted by Crippen LogP contribution is -2.22. The van der Waals surface area contributed by atoms with Gasteiger partial charge in [0.1, 0.15) is 0 Å². The molecule has 274 valence electrons. The van der Waals surface area contributed by atoms with E-state index in [9.17, 15) is 9.59 Å². The molecule has 3 aliphatic carbocycles. The number of carbonyl (C=O) groups is 2. The van der Waals surface area contributed by atoms with Crippen molar-refractivity contribution in [1.29, 1.82) is 0 Å². The van der Waals surface area contributed by atoms with Crippen LogP contribution in [-0.4, -0.2) is 60.1 Å². The summed E-state index contributed by atoms with van der Waals surface area (Å²) in [6, 6.07) is 24.0. The van der Waals surface area contributed by atoms with Crippen molar-refractivity contribution in [3.8, 4) is 11.3 Å². The molecule has 9 heteroatoms. The average molecular weight is 694 g/mol. The maximum Gasteiger partial charge on any atom is 0.222 e. The van der Waals surface area contributed by atoms with Crippen LogP contribution < -0.4 is 16.8 Å². The van der Waals surface area contributed by atoms with Gasteiger partial charge in [-0.3, -0.25) is 14.6 Å².